The Bertz CT molecular complexity index is 1380. The molecule has 1 heterocycles. The van der Waals surface area contributed by atoms with E-state index in [1.807, 2.05) is 36.4 Å². The van der Waals surface area contributed by atoms with Gasteiger partial charge in [-0.15, -0.1) is 10.2 Å². The van der Waals surface area contributed by atoms with Crippen LogP contribution in [0.3, 0.4) is 0 Å². The van der Waals surface area contributed by atoms with Crippen molar-refractivity contribution in [3.05, 3.63) is 105 Å². The fraction of sp³-hybridized carbons (Fsp3) is 0. The maximum absolute atomic E-state index is 13.1. The molecule has 0 bridgehead atoms. The van der Waals surface area contributed by atoms with Crippen LogP contribution in [0.15, 0.2) is 93.9 Å². The molecule has 0 unspecified atom stereocenters. The molecule has 3 aromatic carbocycles. The van der Waals surface area contributed by atoms with Crippen LogP contribution in [0.2, 0.25) is 0 Å². The number of nitrogens with one attached hydrogen (secondary N) is 1. The lowest BCUT2D eigenvalue weighted by molar-refractivity contribution is -0.384. The van der Waals surface area contributed by atoms with E-state index in [0.29, 0.717) is 28.2 Å². The molecule has 9 heteroatoms. The normalized spacial score (nSPS) is 10.8. The molecule has 0 aliphatic heterocycles. The molecule has 1 aromatic heterocycles. The number of hydrogen-bond donors (Lipinski definition) is 1. The second-order valence-electron chi connectivity index (χ2n) is 6.44. The highest BCUT2D eigenvalue weighted by Gasteiger charge is 2.17. The van der Waals surface area contributed by atoms with E-state index in [9.17, 15) is 20.2 Å². The van der Waals surface area contributed by atoms with Crippen LogP contribution in [-0.4, -0.2) is 14.7 Å². The molecule has 4 aromatic rings. The molecule has 0 radical (unpaired) electrons. The first-order chi connectivity index (χ1) is 15.1. The summed E-state index contributed by atoms with van der Waals surface area (Å²) >= 11 is 0. The summed E-state index contributed by atoms with van der Waals surface area (Å²) < 4.78 is 1.25. The van der Waals surface area contributed by atoms with Gasteiger partial charge >= 0.3 is 0 Å². The van der Waals surface area contributed by atoms with E-state index in [0.717, 1.165) is 0 Å². The zero-order valence-corrected chi connectivity index (χ0v) is 16.0. The number of nitro groups is 1. The largest absolute Gasteiger partial charge is 0.299 e. The first-order valence-electron chi connectivity index (χ1n) is 9.14. The summed E-state index contributed by atoms with van der Waals surface area (Å²) in [5, 5.41) is 31.4. The zero-order chi connectivity index (χ0) is 21.8. The van der Waals surface area contributed by atoms with Crippen molar-refractivity contribution in [1.29, 1.82) is 5.26 Å². The minimum absolute atomic E-state index is 0.0531. The number of aromatic nitrogens is 2. The van der Waals surface area contributed by atoms with Crippen LogP contribution in [0, 0.1) is 21.4 Å². The molecule has 0 atom stereocenters. The van der Waals surface area contributed by atoms with Gasteiger partial charge in [0.2, 0.25) is 0 Å². The van der Waals surface area contributed by atoms with Crippen LogP contribution in [0.4, 0.5) is 17.1 Å². The van der Waals surface area contributed by atoms with Gasteiger partial charge in [-0.1, -0.05) is 42.5 Å². The summed E-state index contributed by atoms with van der Waals surface area (Å²) in [6, 6.07) is 23.4. The van der Waals surface area contributed by atoms with Gasteiger partial charge in [-0.25, -0.2) is 4.68 Å². The fourth-order valence-electron chi connectivity index (χ4n) is 2.99. The predicted octanol–water partition coefficient (Wildman–Crippen LogP) is 5.03. The van der Waals surface area contributed by atoms with Crippen molar-refractivity contribution in [3.8, 4) is 23.0 Å². The van der Waals surface area contributed by atoms with Crippen LogP contribution < -0.4 is 5.56 Å². The summed E-state index contributed by atoms with van der Waals surface area (Å²) in [4.78, 5) is 23.5. The van der Waals surface area contributed by atoms with Gasteiger partial charge in [0.15, 0.2) is 5.69 Å². The highest BCUT2D eigenvalue weighted by atomic mass is 16.6. The molecule has 0 saturated heterocycles. The Morgan fingerprint density at radius 3 is 2.29 bits per heavy atom. The van der Waals surface area contributed by atoms with Crippen molar-refractivity contribution < 1.29 is 4.92 Å². The van der Waals surface area contributed by atoms with Crippen molar-refractivity contribution in [2.24, 2.45) is 10.2 Å². The van der Waals surface area contributed by atoms with Gasteiger partial charge < -0.3 is 0 Å². The van der Waals surface area contributed by atoms with Crippen molar-refractivity contribution in [2.45, 2.75) is 0 Å². The molecule has 4 rings (SSSR count). The Kier molecular flexibility index (Phi) is 5.19. The average Bonchev–Trinajstić information content (AvgIpc) is 3.14. The number of H-pyrrole nitrogens is 1. The van der Waals surface area contributed by atoms with Gasteiger partial charge in [0.25, 0.3) is 11.2 Å². The summed E-state index contributed by atoms with van der Waals surface area (Å²) in [6.45, 7) is 0. The number of azo groups is 1. The summed E-state index contributed by atoms with van der Waals surface area (Å²) in [5.74, 6) is 0. The maximum atomic E-state index is 13.1. The van der Waals surface area contributed by atoms with Gasteiger partial charge in [-0.3, -0.25) is 20.0 Å². The Labute approximate surface area is 175 Å². The second kappa shape index (κ2) is 8.26. The van der Waals surface area contributed by atoms with Gasteiger partial charge in [0.05, 0.1) is 21.9 Å². The number of benzene rings is 3. The molecule has 31 heavy (non-hydrogen) atoms. The first kappa shape index (κ1) is 19.5. The SMILES string of the molecule is N#Cc1ccccc1N=Nc1c(-c2ccccc2)[nH]n(-c2ccc([N+](=O)[O-])cc2)c1=O. The molecular weight excluding hydrogens is 396 g/mol. The topological polar surface area (TPSA) is 129 Å². The molecule has 1 N–H and O–H groups in total. The number of non-ortho nitro benzene ring substituents is 1. The first-order valence-corrected chi connectivity index (χ1v) is 9.14. The number of nitrogens with zero attached hydrogens (tertiary/aromatic N) is 5. The standard InChI is InChI=1S/C22H14N6O3/c23-14-16-8-4-5-9-19(16)24-25-21-20(15-6-2-1-3-7-15)26-27(22(21)29)17-10-12-18(13-11-17)28(30)31/h1-13,26H. The number of hydrogen-bond acceptors (Lipinski definition) is 6. The Balaban J connectivity index is 1.85. The minimum atomic E-state index is -0.511. The summed E-state index contributed by atoms with van der Waals surface area (Å²) in [7, 11) is 0. The molecule has 0 aliphatic rings. The molecular formula is C22H14N6O3. The highest BCUT2D eigenvalue weighted by molar-refractivity contribution is 5.72. The van der Waals surface area contributed by atoms with Crippen molar-refractivity contribution in [1.82, 2.24) is 9.78 Å². The average molecular weight is 410 g/mol. The van der Waals surface area contributed by atoms with Gasteiger partial charge in [-0.2, -0.15) is 5.26 Å². The summed E-state index contributed by atoms with van der Waals surface area (Å²) in [5.41, 5.74) is 1.71. The van der Waals surface area contributed by atoms with Crippen LogP contribution in [0.1, 0.15) is 5.56 Å². The van der Waals surface area contributed by atoms with E-state index < -0.39 is 10.5 Å². The van der Waals surface area contributed by atoms with Gasteiger partial charge in [0, 0.05) is 17.7 Å². The number of nitriles is 1. The van der Waals surface area contributed by atoms with E-state index in [-0.39, 0.29) is 11.4 Å². The van der Waals surface area contributed by atoms with E-state index in [2.05, 4.69) is 15.3 Å². The third-order valence-electron chi connectivity index (χ3n) is 4.53. The molecule has 0 fully saturated rings. The smallest absolute Gasteiger partial charge is 0.288 e. The van der Waals surface area contributed by atoms with Crippen molar-refractivity contribution >= 4 is 17.1 Å². The molecule has 0 saturated carbocycles. The number of aromatic amines is 1. The molecule has 0 spiro atoms. The third kappa shape index (κ3) is 3.86. The Hall–Kier alpha value is -4.84. The predicted molar refractivity (Wildman–Crippen MR) is 114 cm³/mol. The molecule has 0 amide bonds. The van der Waals surface area contributed by atoms with Crippen LogP contribution in [0.25, 0.3) is 16.9 Å². The fourth-order valence-corrected chi connectivity index (χ4v) is 2.99. The highest BCUT2D eigenvalue weighted by Crippen LogP contribution is 2.29. The quantitative estimate of drug-likeness (QED) is 0.281. The van der Waals surface area contributed by atoms with Crippen molar-refractivity contribution in [2.75, 3.05) is 0 Å². The van der Waals surface area contributed by atoms with Gasteiger partial charge in [-0.05, 0) is 24.3 Å². The van der Waals surface area contributed by atoms with E-state index >= 15 is 0 Å². The van der Waals surface area contributed by atoms with E-state index in [1.54, 1.807) is 24.3 Å². The van der Waals surface area contributed by atoms with E-state index in [1.165, 1.54) is 28.9 Å². The van der Waals surface area contributed by atoms with Crippen LogP contribution in [-0.2, 0) is 0 Å². The summed E-state index contributed by atoms with van der Waals surface area (Å²) in [6.07, 6.45) is 0. The second-order valence-corrected chi connectivity index (χ2v) is 6.44. The Morgan fingerprint density at radius 1 is 0.935 bits per heavy atom. The molecule has 0 aliphatic carbocycles. The molecule has 9 nitrogen and oxygen atoms in total. The number of rotatable bonds is 5. The molecule has 150 valence electrons. The lowest BCUT2D eigenvalue weighted by atomic mass is 10.1. The lowest BCUT2D eigenvalue weighted by Gasteiger charge is -2.01. The van der Waals surface area contributed by atoms with Gasteiger partial charge in [0.1, 0.15) is 11.8 Å². The van der Waals surface area contributed by atoms with Crippen molar-refractivity contribution in [3.63, 3.8) is 0 Å². The Morgan fingerprint density at radius 2 is 1.61 bits per heavy atom. The van der Waals surface area contributed by atoms with Crippen LogP contribution >= 0.6 is 0 Å². The maximum Gasteiger partial charge on any atom is 0.299 e. The third-order valence-corrected chi connectivity index (χ3v) is 4.53. The van der Waals surface area contributed by atoms with E-state index in [4.69, 9.17) is 0 Å². The zero-order valence-electron chi connectivity index (χ0n) is 16.0. The lowest BCUT2D eigenvalue weighted by Crippen LogP contribution is -2.13. The van der Waals surface area contributed by atoms with Crippen LogP contribution in [0.5, 0.6) is 0 Å². The number of nitro benzene ring substituents is 1. The minimum Gasteiger partial charge on any atom is -0.288 e. The monoisotopic (exact) mass is 410 g/mol.